The zero-order valence-corrected chi connectivity index (χ0v) is 11.4. The second kappa shape index (κ2) is 5.35. The van der Waals surface area contributed by atoms with E-state index in [-0.39, 0.29) is 12.1 Å². The largest absolute Gasteiger partial charge is 0.460 e. The monoisotopic (exact) mass is 259 g/mol. The van der Waals surface area contributed by atoms with Gasteiger partial charge in [0.2, 0.25) is 0 Å². The molecule has 1 aromatic rings. The minimum absolute atomic E-state index is 0.248. The van der Waals surface area contributed by atoms with Crippen LogP contribution >= 0.6 is 0 Å². The van der Waals surface area contributed by atoms with E-state index in [9.17, 15) is 5.11 Å². The molecule has 2 heterocycles. The van der Waals surface area contributed by atoms with Gasteiger partial charge in [0.15, 0.2) is 0 Å². The predicted octanol–water partition coefficient (Wildman–Crippen LogP) is 2.87. The molecular formula is C16H21NO2. The number of nitrogens with zero attached hydrogens (tertiary/aromatic N) is 1. The van der Waals surface area contributed by atoms with Crippen LogP contribution in [0.1, 0.15) is 37.8 Å². The summed E-state index contributed by atoms with van der Waals surface area (Å²) in [4.78, 5) is 2.49. The van der Waals surface area contributed by atoms with Gasteiger partial charge in [-0.1, -0.05) is 18.2 Å². The lowest BCUT2D eigenvalue weighted by molar-refractivity contribution is 0.194. The van der Waals surface area contributed by atoms with Crippen molar-refractivity contribution in [3.63, 3.8) is 0 Å². The summed E-state index contributed by atoms with van der Waals surface area (Å²) in [7, 11) is 0. The number of hydrogen-bond donors (Lipinski definition) is 1. The maximum atomic E-state index is 9.47. The molecule has 0 bridgehead atoms. The van der Waals surface area contributed by atoms with Crippen molar-refractivity contribution in [2.24, 2.45) is 0 Å². The fourth-order valence-corrected chi connectivity index (χ4v) is 2.95. The molecule has 19 heavy (non-hydrogen) atoms. The molecule has 102 valence electrons. The first-order valence-corrected chi connectivity index (χ1v) is 7.14. The lowest BCUT2D eigenvalue weighted by Gasteiger charge is -2.23. The van der Waals surface area contributed by atoms with Crippen LogP contribution in [0.15, 0.2) is 36.1 Å². The molecule has 0 amide bonds. The first kappa shape index (κ1) is 12.7. The van der Waals surface area contributed by atoms with Crippen molar-refractivity contribution in [1.82, 2.24) is 4.90 Å². The van der Waals surface area contributed by atoms with Gasteiger partial charge in [0.1, 0.15) is 11.5 Å². The molecule has 3 heteroatoms. The molecule has 1 N–H and O–H groups in total. The topological polar surface area (TPSA) is 32.7 Å². The summed E-state index contributed by atoms with van der Waals surface area (Å²) in [5.41, 5.74) is 1.27. The van der Waals surface area contributed by atoms with Gasteiger partial charge in [-0.2, -0.15) is 0 Å². The quantitative estimate of drug-likeness (QED) is 0.906. The number of ether oxygens (including phenoxy) is 1. The van der Waals surface area contributed by atoms with Gasteiger partial charge in [-0.25, -0.2) is 0 Å². The fourth-order valence-electron chi connectivity index (χ4n) is 2.95. The Hall–Kier alpha value is -1.32. The van der Waals surface area contributed by atoms with Crippen LogP contribution < -0.4 is 4.74 Å². The Morgan fingerprint density at radius 2 is 2.11 bits per heavy atom. The van der Waals surface area contributed by atoms with E-state index in [2.05, 4.69) is 17.0 Å². The van der Waals surface area contributed by atoms with Crippen LogP contribution in [-0.4, -0.2) is 29.2 Å². The minimum Gasteiger partial charge on any atom is -0.460 e. The van der Waals surface area contributed by atoms with Crippen molar-refractivity contribution in [3.05, 3.63) is 41.7 Å². The van der Waals surface area contributed by atoms with Crippen molar-refractivity contribution in [3.8, 4) is 5.75 Å². The number of rotatable bonds is 3. The van der Waals surface area contributed by atoms with Gasteiger partial charge in [-0.05, 0) is 51.4 Å². The van der Waals surface area contributed by atoms with E-state index in [0.717, 1.165) is 24.6 Å². The van der Waals surface area contributed by atoms with E-state index in [1.54, 1.807) is 0 Å². The van der Waals surface area contributed by atoms with Crippen LogP contribution in [0.3, 0.4) is 0 Å². The highest BCUT2D eigenvalue weighted by atomic mass is 16.5. The van der Waals surface area contributed by atoms with Crippen LogP contribution in [0.2, 0.25) is 0 Å². The number of hydrogen-bond acceptors (Lipinski definition) is 3. The predicted molar refractivity (Wildman–Crippen MR) is 75.0 cm³/mol. The van der Waals surface area contributed by atoms with E-state index in [4.69, 9.17) is 4.74 Å². The number of likely N-dealkylation sites (tertiary alicyclic amines) is 1. The lowest BCUT2D eigenvalue weighted by Crippen LogP contribution is -2.25. The van der Waals surface area contributed by atoms with Crippen molar-refractivity contribution < 1.29 is 9.84 Å². The average molecular weight is 259 g/mol. The molecule has 2 aliphatic rings. The van der Waals surface area contributed by atoms with Crippen molar-refractivity contribution in [2.75, 3.05) is 13.1 Å². The Morgan fingerprint density at radius 3 is 2.84 bits per heavy atom. The van der Waals surface area contributed by atoms with Crippen LogP contribution in [0, 0.1) is 0 Å². The first-order chi connectivity index (χ1) is 9.25. The minimum atomic E-state index is -0.320. The van der Waals surface area contributed by atoms with Crippen molar-refractivity contribution in [1.29, 1.82) is 0 Å². The first-order valence-electron chi connectivity index (χ1n) is 7.14. The summed E-state index contributed by atoms with van der Waals surface area (Å²) >= 11 is 0. The number of fused-ring (bicyclic) bond motifs is 1. The normalized spacial score (nSPS) is 26.4. The SMILES string of the molecule is CC(O)C/C=C1\Oc2ccccc2C1N1CCCC1. The molecule has 0 spiro atoms. The van der Waals surface area contributed by atoms with Crippen LogP contribution in [-0.2, 0) is 0 Å². The third-order valence-corrected chi connectivity index (χ3v) is 3.88. The summed E-state index contributed by atoms with van der Waals surface area (Å²) in [6, 6.07) is 8.52. The summed E-state index contributed by atoms with van der Waals surface area (Å²) in [5.74, 6) is 1.96. The number of aliphatic hydroxyl groups is 1. The molecule has 0 radical (unpaired) electrons. The van der Waals surface area contributed by atoms with Crippen molar-refractivity contribution in [2.45, 2.75) is 38.3 Å². The van der Waals surface area contributed by atoms with Crippen molar-refractivity contribution >= 4 is 0 Å². The van der Waals surface area contributed by atoms with Gasteiger partial charge in [-0.3, -0.25) is 4.90 Å². The molecule has 2 unspecified atom stereocenters. The van der Waals surface area contributed by atoms with Gasteiger partial charge < -0.3 is 9.84 Å². The number of para-hydroxylation sites is 1. The van der Waals surface area contributed by atoms with Crippen LogP contribution in [0.5, 0.6) is 5.75 Å². The Labute approximate surface area is 114 Å². The van der Waals surface area contributed by atoms with Gasteiger partial charge >= 0.3 is 0 Å². The molecule has 2 atom stereocenters. The average Bonchev–Trinajstić information content (AvgIpc) is 3.02. The summed E-state index contributed by atoms with van der Waals surface area (Å²) in [6.45, 7) is 4.08. The van der Waals surface area contributed by atoms with E-state index in [1.165, 1.54) is 18.4 Å². The maximum absolute atomic E-state index is 9.47. The highest BCUT2D eigenvalue weighted by molar-refractivity contribution is 5.45. The van der Waals surface area contributed by atoms with Gasteiger partial charge in [0, 0.05) is 5.56 Å². The van der Waals surface area contributed by atoms with E-state index < -0.39 is 0 Å². The molecule has 3 nitrogen and oxygen atoms in total. The molecule has 1 saturated heterocycles. The fraction of sp³-hybridized carbons (Fsp3) is 0.500. The Bertz CT molecular complexity index is 475. The van der Waals surface area contributed by atoms with E-state index >= 15 is 0 Å². The molecule has 0 aromatic heterocycles. The molecule has 2 aliphatic heterocycles. The molecule has 1 fully saturated rings. The third kappa shape index (κ3) is 2.53. The zero-order chi connectivity index (χ0) is 13.2. The Balaban J connectivity index is 1.91. The van der Waals surface area contributed by atoms with Crippen LogP contribution in [0.25, 0.3) is 0 Å². The molecule has 0 saturated carbocycles. The second-order valence-electron chi connectivity index (χ2n) is 5.48. The van der Waals surface area contributed by atoms with Gasteiger partial charge in [0.05, 0.1) is 12.1 Å². The van der Waals surface area contributed by atoms with E-state index in [0.29, 0.717) is 6.42 Å². The Morgan fingerprint density at radius 1 is 1.37 bits per heavy atom. The van der Waals surface area contributed by atoms with Crippen LogP contribution in [0.4, 0.5) is 0 Å². The van der Waals surface area contributed by atoms with Gasteiger partial charge in [-0.15, -0.1) is 0 Å². The number of aliphatic hydroxyl groups excluding tert-OH is 1. The standard InChI is InChI=1S/C16H21NO2/c1-12(18)8-9-15-16(17-10-4-5-11-17)13-6-2-3-7-14(13)19-15/h2-3,6-7,9,12,16,18H,4-5,8,10-11H2,1H3/b15-9-. The maximum Gasteiger partial charge on any atom is 0.132 e. The molecule has 0 aliphatic carbocycles. The zero-order valence-electron chi connectivity index (χ0n) is 11.4. The third-order valence-electron chi connectivity index (χ3n) is 3.88. The Kier molecular flexibility index (Phi) is 3.58. The molecule has 1 aromatic carbocycles. The van der Waals surface area contributed by atoms with Gasteiger partial charge in [0.25, 0.3) is 0 Å². The molecule has 3 rings (SSSR count). The smallest absolute Gasteiger partial charge is 0.132 e. The number of benzene rings is 1. The molecular weight excluding hydrogens is 238 g/mol. The highest BCUT2D eigenvalue weighted by Crippen LogP contribution is 2.43. The lowest BCUT2D eigenvalue weighted by atomic mass is 10.0. The second-order valence-corrected chi connectivity index (χ2v) is 5.48. The van der Waals surface area contributed by atoms with E-state index in [1.807, 2.05) is 25.1 Å². The highest BCUT2D eigenvalue weighted by Gasteiger charge is 2.35. The summed E-state index contributed by atoms with van der Waals surface area (Å²) in [5, 5.41) is 9.47. The summed E-state index contributed by atoms with van der Waals surface area (Å²) < 4.78 is 5.99. The summed E-state index contributed by atoms with van der Waals surface area (Å²) in [6.07, 6.45) is 4.91.